The molecule has 1 amide bonds. The Morgan fingerprint density at radius 2 is 2.17 bits per heavy atom. The number of thiophene rings is 1. The first kappa shape index (κ1) is 15.7. The van der Waals surface area contributed by atoms with Gasteiger partial charge in [0.1, 0.15) is 11.9 Å². The number of rotatable bonds is 5. The molecular formula is C17H18N2O3S. The smallest absolute Gasteiger partial charge is 0.224 e. The first-order valence-electron chi connectivity index (χ1n) is 7.39. The number of carbonyl (C=O) groups excluding carboxylic acids is 1. The van der Waals surface area contributed by atoms with Crippen LogP contribution >= 0.6 is 11.3 Å². The molecule has 0 fully saturated rings. The maximum atomic E-state index is 12.0. The number of benzene rings is 1. The van der Waals surface area contributed by atoms with E-state index >= 15 is 0 Å². The van der Waals surface area contributed by atoms with E-state index in [-0.39, 0.29) is 18.9 Å². The Labute approximate surface area is 137 Å². The molecule has 2 aromatic heterocycles. The highest BCUT2D eigenvalue weighted by Crippen LogP contribution is 2.29. The SMILES string of the molecule is Cc1noc(C)c1CC(=O)NCC(O)c1cc2ccccc2s1. The minimum atomic E-state index is -0.707. The monoisotopic (exact) mass is 330 g/mol. The average Bonchev–Trinajstić information content (AvgIpc) is 3.11. The molecule has 1 unspecified atom stereocenters. The fourth-order valence-corrected chi connectivity index (χ4v) is 3.51. The molecule has 2 N–H and O–H groups in total. The first-order chi connectivity index (χ1) is 11.0. The summed E-state index contributed by atoms with van der Waals surface area (Å²) in [6.07, 6.45) is -0.499. The van der Waals surface area contributed by atoms with Gasteiger partial charge in [-0.2, -0.15) is 0 Å². The van der Waals surface area contributed by atoms with E-state index in [1.54, 1.807) is 18.3 Å². The molecule has 0 aliphatic rings. The van der Waals surface area contributed by atoms with Crippen LogP contribution < -0.4 is 5.32 Å². The number of hydrogen-bond acceptors (Lipinski definition) is 5. The molecule has 23 heavy (non-hydrogen) atoms. The van der Waals surface area contributed by atoms with Crippen molar-refractivity contribution in [3.63, 3.8) is 0 Å². The maximum absolute atomic E-state index is 12.0. The lowest BCUT2D eigenvalue weighted by molar-refractivity contribution is -0.120. The fourth-order valence-electron chi connectivity index (χ4n) is 2.46. The molecule has 5 nitrogen and oxygen atoms in total. The van der Waals surface area contributed by atoms with E-state index in [0.717, 1.165) is 26.2 Å². The van der Waals surface area contributed by atoms with Gasteiger partial charge in [0.25, 0.3) is 0 Å². The van der Waals surface area contributed by atoms with Crippen LogP contribution in [0.5, 0.6) is 0 Å². The zero-order chi connectivity index (χ0) is 16.4. The standard InChI is InChI=1S/C17H18N2O3S/c1-10-13(11(2)22-19-10)8-17(21)18-9-14(20)16-7-12-5-3-4-6-15(12)23-16/h3-7,14,20H,8-9H2,1-2H3,(H,18,21). The van der Waals surface area contributed by atoms with Crippen LogP contribution in [0.25, 0.3) is 10.1 Å². The maximum Gasteiger partial charge on any atom is 0.224 e. The summed E-state index contributed by atoms with van der Waals surface area (Å²) in [5.74, 6) is 0.502. The van der Waals surface area contributed by atoms with E-state index in [1.807, 2.05) is 37.3 Å². The van der Waals surface area contributed by atoms with Crippen LogP contribution in [0.4, 0.5) is 0 Å². The zero-order valence-electron chi connectivity index (χ0n) is 13.0. The van der Waals surface area contributed by atoms with Gasteiger partial charge >= 0.3 is 0 Å². The highest BCUT2D eigenvalue weighted by molar-refractivity contribution is 7.19. The molecule has 0 radical (unpaired) electrons. The van der Waals surface area contributed by atoms with Crippen LogP contribution in [0, 0.1) is 13.8 Å². The van der Waals surface area contributed by atoms with Crippen LogP contribution in [-0.2, 0) is 11.2 Å². The summed E-state index contributed by atoms with van der Waals surface area (Å²) in [6.45, 7) is 3.79. The third-order valence-electron chi connectivity index (χ3n) is 3.78. The van der Waals surface area contributed by atoms with E-state index in [4.69, 9.17) is 4.52 Å². The number of aromatic nitrogens is 1. The van der Waals surface area contributed by atoms with Crippen molar-refractivity contribution in [1.82, 2.24) is 10.5 Å². The molecule has 0 aliphatic carbocycles. The molecule has 120 valence electrons. The predicted molar refractivity (Wildman–Crippen MR) is 89.5 cm³/mol. The summed E-state index contributed by atoms with van der Waals surface area (Å²) in [6, 6.07) is 9.94. The number of aliphatic hydroxyl groups is 1. The number of nitrogens with one attached hydrogen (secondary N) is 1. The Bertz CT molecular complexity index is 785. The molecular weight excluding hydrogens is 312 g/mol. The van der Waals surface area contributed by atoms with Crippen LogP contribution in [0.3, 0.4) is 0 Å². The summed E-state index contributed by atoms with van der Waals surface area (Å²) in [7, 11) is 0. The molecule has 0 spiro atoms. The second-order valence-electron chi connectivity index (χ2n) is 5.49. The minimum absolute atomic E-state index is 0.153. The van der Waals surface area contributed by atoms with E-state index in [1.165, 1.54) is 0 Å². The molecule has 1 aromatic carbocycles. The second kappa shape index (κ2) is 6.52. The molecule has 0 saturated carbocycles. The van der Waals surface area contributed by atoms with Crippen molar-refractivity contribution >= 4 is 27.3 Å². The third-order valence-corrected chi connectivity index (χ3v) is 5.00. The molecule has 0 aliphatic heterocycles. The van der Waals surface area contributed by atoms with Gasteiger partial charge < -0.3 is 14.9 Å². The summed E-state index contributed by atoms with van der Waals surface area (Å²) >= 11 is 1.54. The number of aryl methyl sites for hydroxylation is 2. The molecule has 0 saturated heterocycles. The number of aliphatic hydroxyl groups excluding tert-OH is 1. The van der Waals surface area contributed by atoms with Gasteiger partial charge in [0.05, 0.1) is 12.1 Å². The van der Waals surface area contributed by atoms with Crippen molar-refractivity contribution in [2.24, 2.45) is 0 Å². The van der Waals surface area contributed by atoms with Gasteiger partial charge in [-0.15, -0.1) is 11.3 Å². The van der Waals surface area contributed by atoms with Crippen LogP contribution in [0.2, 0.25) is 0 Å². The Morgan fingerprint density at radius 3 is 2.87 bits per heavy atom. The number of amides is 1. The van der Waals surface area contributed by atoms with E-state index < -0.39 is 6.10 Å². The van der Waals surface area contributed by atoms with E-state index in [0.29, 0.717) is 5.76 Å². The van der Waals surface area contributed by atoms with Gasteiger partial charge in [-0.25, -0.2) is 0 Å². The Kier molecular flexibility index (Phi) is 4.45. The molecule has 3 rings (SSSR count). The largest absolute Gasteiger partial charge is 0.386 e. The molecule has 1 atom stereocenters. The van der Waals surface area contributed by atoms with Crippen LogP contribution in [-0.4, -0.2) is 22.7 Å². The lowest BCUT2D eigenvalue weighted by Gasteiger charge is -2.10. The molecule has 6 heteroatoms. The van der Waals surface area contributed by atoms with Crippen LogP contribution in [0.15, 0.2) is 34.9 Å². The van der Waals surface area contributed by atoms with Crippen LogP contribution in [0.1, 0.15) is 28.0 Å². The lowest BCUT2D eigenvalue weighted by Crippen LogP contribution is -2.29. The van der Waals surface area contributed by atoms with Crippen molar-refractivity contribution < 1.29 is 14.4 Å². The highest BCUT2D eigenvalue weighted by Gasteiger charge is 2.16. The van der Waals surface area contributed by atoms with Crippen molar-refractivity contribution in [3.05, 3.63) is 52.2 Å². The topological polar surface area (TPSA) is 75.4 Å². The van der Waals surface area contributed by atoms with E-state index in [2.05, 4.69) is 10.5 Å². The number of hydrogen-bond donors (Lipinski definition) is 2. The highest BCUT2D eigenvalue weighted by atomic mass is 32.1. The molecule has 0 bridgehead atoms. The quantitative estimate of drug-likeness (QED) is 0.754. The summed E-state index contributed by atoms with van der Waals surface area (Å²) in [4.78, 5) is 12.9. The second-order valence-corrected chi connectivity index (χ2v) is 6.60. The Hall–Kier alpha value is -2.18. The normalized spacial score (nSPS) is 12.5. The minimum Gasteiger partial charge on any atom is -0.386 e. The van der Waals surface area contributed by atoms with Crippen molar-refractivity contribution in [3.8, 4) is 0 Å². The van der Waals surface area contributed by atoms with Crippen molar-refractivity contribution in [1.29, 1.82) is 0 Å². The summed E-state index contributed by atoms with van der Waals surface area (Å²) in [5.41, 5.74) is 1.53. The van der Waals surface area contributed by atoms with Gasteiger partial charge in [0.2, 0.25) is 5.91 Å². The van der Waals surface area contributed by atoms with Crippen molar-refractivity contribution in [2.45, 2.75) is 26.4 Å². The van der Waals surface area contributed by atoms with E-state index in [9.17, 15) is 9.90 Å². The number of carbonyl (C=O) groups is 1. The summed E-state index contributed by atoms with van der Waals surface area (Å²) in [5, 5.41) is 18.0. The number of fused-ring (bicyclic) bond motifs is 1. The van der Waals surface area contributed by atoms with Gasteiger partial charge in [0, 0.05) is 21.7 Å². The van der Waals surface area contributed by atoms with Gasteiger partial charge in [0.15, 0.2) is 0 Å². The summed E-state index contributed by atoms with van der Waals surface area (Å²) < 4.78 is 6.18. The zero-order valence-corrected chi connectivity index (χ0v) is 13.8. The average molecular weight is 330 g/mol. The lowest BCUT2D eigenvalue weighted by atomic mass is 10.1. The third kappa shape index (κ3) is 3.43. The Balaban J connectivity index is 1.60. The Morgan fingerprint density at radius 1 is 1.39 bits per heavy atom. The molecule has 3 aromatic rings. The van der Waals surface area contributed by atoms with Gasteiger partial charge in [-0.05, 0) is 31.4 Å². The van der Waals surface area contributed by atoms with Crippen molar-refractivity contribution in [2.75, 3.05) is 6.54 Å². The predicted octanol–water partition coefficient (Wildman–Crippen LogP) is 2.90. The van der Waals surface area contributed by atoms with Gasteiger partial charge in [-0.1, -0.05) is 23.4 Å². The first-order valence-corrected chi connectivity index (χ1v) is 8.21. The fraction of sp³-hybridized carbons (Fsp3) is 0.294. The molecule has 2 heterocycles. The number of nitrogens with zero attached hydrogens (tertiary/aromatic N) is 1. The van der Waals surface area contributed by atoms with Gasteiger partial charge in [-0.3, -0.25) is 4.79 Å².